The van der Waals surface area contributed by atoms with Crippen LogP contribution < -0.4 is 0 Å². The van der Waals surface area contributed by atoms with Gasteiger partial charge in [-0.05, 0) is 46.5 Å². The van der Waals surface area contributed by atoms with Gasteiger partial charge >= 0.3 is 0 Å². The van der Waals surface area contributed by atoms with E-state index < -0.39 is 0 Å². The van der Waals surface area contributed by atoms with Gasteiger partial charge in [-0.1, -0.05) is 92.2 Å². The summed E-state index contributed by atoms with van der Waals surface area (Å²) in [6, 6.07) is 24.1. The molecule has 0 saturated carbocycles. The van der Waals surface area contributed by atoms with Crippen molar-refractivity contribution in [2.24, 2.45) is 0 Å². The maximum atomic E-state index is 13.2. The Morgan fingerprint density at radius 2 is 0.808 bits per heavy atom. The minimum absolute atomic E-state index is 0.0702. The van der Waals surface area contributed by atoms with Crippen molar-refractivity contribution in [1.29, 1.82) is 0 Å². The summed E-state index contributed by atoms with van der Waals surface area (Å²) in [5, 5.41) is 0. The molecule has 0 atom stereocenters. The van der Waals surface area contributed by atoms with Crippen LogP contribution in [0.3, 0.4) is 0 Å². The molecular weight excluding hydrogens is 387 g/mol. The third-order valence-electron chi connectivity index (χ3n) is 5.46. The van der Waals surface area contributed by atoms with E-state index in [0.29, 0.717) is 0 Å². The van der Waals surface area contributed by atoms with Crippen LogP contribution in [0.25, 0.3) is 0 Å². The molecule has 134 valence electrons. The molecule has 0 saturated heterocycles. The Bertz CT molecular complexity index is 797. The Labute approximate surface area is 164 Å². The molecule has 0 aliphatic rings. The van der Waals surface area contributed by atoms with Gasteiger partial charge in [-0.2, -0.15) is 0 Å². The van der Waals surface area contributed by atoms with E-state index in [1.807, 2.05) is 12.1 Å². The van der Waals surface area contributed by atoms with Crippen molar-refractivity contribution in [3.8, 4) is 0 Å². The van der Waals surface area contributed by atoms with E-state index in [1.165, 1.54) is 28.8 Å². The van der Waals surface area contributed by atoms with Crippen LogP contribution in [0.2, 0.25) is 0 Å². The fourth-order valence-electron chi connectivity index (χ4n) is 3.37. The van der Waals surface area contributed by atoms with Gasteiger partial charge in [0.1, 0.15) is 5.82 Å². The minimum Gasteiger partial charge on any atom is -0.207 e. The fraction of sp³-hybridized carbons (Fsp3) is 0.250. The van der Waals surface area contributed by atoms with Crippen LogP contribution in [0.1, 0.15) is 49.9 Å². The Kier molecular flexibility index (Phi) is 5.07. The number of hydrogen-bond donors (Lipinski definition) is 0. The summed E-state index contributed by atoms with van der Waals surface area (Å²) in [6.45, 7) is 8.84. The average Bonchev–Trinajstić information content (AvgIpc) is 2.62. The molecule has 0 bridgehead atoms. The lowest BCUT2D eigenvalue weighted by molar-refractivity contribution is 0.611. The molecule has 0 unspecified atom stereocenters. The molecule has 0 aliphatic heterocycles. The number of rotatable bonds is 4. The first-order chi connectivity index (χ1) is 12.2. The smallest absolute Gasteiger partial charge is 0.123 e. The van der Waals surface area contributed by atoms with Crippen molar-refractivity contribution in [3.05, 3.63) is 105 Å². The monoisotopic (exact) mass is 410 g/mol. The number of benzene rings is 3. The zero-order valence-electron chi connectivity index (χ0n) is 15.7. The molecule has 0 amide bonds. The van der Waals surface area contributed by atoms with Crippen molar-refractivity contribution in [1.82, 2.24) is 0 Å². The number of halogens is 2. The summed E-state index contributed by atoms with van der Waals surface area (Å²) in [6.07, 6.45) is 0. The molecule has 0 heterocycles. The molecule has 0 aromatic heterocycles. The van der Waals surface area contributed by atoms with Gasteiger partial charge in [-0.15, -0.1) is 0 Å². The molecular formula is C24H24BrF. The lowest BCUT2D eigenvalue weighted by Crippen LogP contribution is -2.21. The van der Waals surface area contributed by atoms with E-state index in [2.05, 4.69) is 92.2 Å². The SMILES string of the molecule is CC(C)(c1ccc(F)cc1)c1ccc(C(C)(C)c2ccc(Br)cc2)cc1. The predicted octanol–water partition coefficient (Wildman–Crippen LogP) is 7.24. The predicted molar refractivity (Wildman–Crippen MR) is 111 cm³/mol. The molecule has 3 aromatic rings. The van der Waals surface area contributed by atoms with Gasteiger partial charge in [0, 0.05) is 15.3 Å². The molecule has 0 fully saturated rings. The first-order valence-electron chi connectivity index (χ1n) is 8.84. The Morgan fingerprint density at radius 1 is 0.538 bits per heavy atom. The van der Waals surface area contributed by atoms with E-state index >= 15 is 0 Å². The second kappa shape index (κ2) is 7.00. The summed E-state index contributed by atoms with van der Waals surface area (Å²) in [7, 11) is 0. The van der Waals surface area contributed by atoms with Crippen LogP contribution in [0.15, 0.2) is 77.3 Å². The quantitative estimate of drug-likeness (QED) is 0.425. The second-order valence-corrected chi connectivity index (χ2v) is 8.76. The summed E-state index contributed by atoms with van der Waals surface area (Å²) in [5.74, 6) is -0.198. The fourth-order valence-corrected chi connectivity index (χ4v) is 3.63. The second-order valence-electron chi connectivity index (χ2n) is 7.84. The Balaban J connectivity index is 1.92. The van der Waals surface area contributed by atoms with Crippen molar-refractivity contribution in [3.63, 3.8) is 0 Å². The maximum Gasteiger partial charge on any atom is 0.123 e. The molecule has 0 radical (unpaired) electrons. The Morgan fingerprint density at radius 3 is 1.15 bits per heavy atom. The topological polar surface area (TPSA) is 0 Å². The zero-order valence-corrected chi connectivity index (χ0v) is 17.3. The van der Waals surface area contributed by atoms with Crippen molar-refractivity contribution >= 4 is 15.9 Å². The van der Waals surface area contributed by atoms with Crippen LogP contribution in [0, 0.1) is 5.82 Å². The molecule has 26 heavy (non-hydrogen) atoms. The van der Waals surface area contributed by atoms with E-state index in [4.69, 9.17) is 0 Å². The van der Waals surface area contributed by atoms with E-state index in [-0.39, 0.29) is 16.6 Å². The molecule has 0 spiro atoms. The van der Waals surface area contributed by atoms with E-state index in [9.17, 15) is 4.39 Å². The van der Waals surface area contributed by atoms with Crippen LogP contribution in [-0.4, -0.2) is 0 Å². The van der Waals surface area contributed by atoms with Crippen molar-refractivity contribution in [2.75, 3.05) is 0 Å². The summed E-state index contributed by atoms with van der Waals surface area (Å²) in [5.41, 5.74) is 4.65. The molecule has 2 heteroatoms. The Hall–Kier alpha value is -1.93. The third kappa shape index (κ3) is 3.61. The van der Waals surface area contributed by atoms with Crippen LogP contribution in [0.4, 0.5) is 4.39 Å². The molecule has 3 rings (SSSR count). The largest absolute Gasteiger partial charge is 0.207 e. The molecule has 3 aromatic carbocycles. The highest BCUT2D eigenvalue weighted by atomic mass is 79.9. The minimum atomic E-state index is -0.198. The maximum absolute atomic E-state index is 13.2. The third-order valence-corrected chi connectivity index (χ3v) is 5.99. The van der Waals surface area contributed by atoms with Gasteiger partial charge in [0.05, 0.1) is 0 Å². The lowest BCUT2D eigenvalue weighted by atomic mass is 9.74. The van der Waals surface area contributed by atoms with Gasteiger partial charge in [-0.25, -0.2) is 4.39 Å². The lowest BCUT2D eigenvalue weighted by Gasteiger charge is -2.29. The van der Waals surface area contributed by atoms with Crippen molar-refractivity contribution < 1.29 is 4.39 Å². The first-order valence-corrected chi connectivity index (χ1v) is 9.64. The standard InChI is InChI=1S/C24H24BrF/c1-23(2,19-9-13-21(25)14-10-19)17-5-7-18(8-6-17)24(3,4)20-11-15-22(26)16-12-20/h5-16H,1-4H3. The molecule has 0 aliphatic carbocycles. The normalized spacial score (nSPS) is 12.2. The van der Waals surface area contributed by atoms with Crippen LogP contribution >= 0.6 is 15.9 Å². The van der Waals surface area contributed by atoms with Gasteiger partial charge in [-0.3, -0.25) is 0 Å². The first kappa shape index (κ1) is 18.8. The highest BCUT2D eigenvalue weighted by Crippen LogP contribution is 2.36. The van der Waals surface area contributed by atoms with Gasteiger partial charge in [0.15, 0.2) is 0 Å². The molecule has 0 N–H and O–H groups in total. The number of hydrogen-bond acceptors (Lipinski definition) is 0. The summed E-state index contributed by atoms with van der Waals surface area (Å²) < 4.78 is 14.3. The van der Waals surface area contributed by atoms with E-state index in [0.717, 1.165) is 10.0 Å². The highest BCUT2D eigenvalue weighted by molar-refractivity contribution is 9.10. The summed E-state index contributed by atoms with van der Waals surface area (Å²) in [4.78, 5) is 0. The summed E-state index contributed by atoms with van der Waals surface area (Å²) >= 11 is 3.50. The van der Waals surface area contributed by atoms with Crippen LogP contribution in [0.5, 0.6) is 0 Å². The van der Waals surface area contributed by atoms with Gasteiger partial charge in [0.2, 0.25) is 0 Å². The van der Waals surface area contributed by atoms with Crippen molar-refractivity contribution in [2.45, 2.75) is 38.5 Å². The molecule has 0 nitrogen and oxygen atoms in total. The zero-order chi connectivity index (χ0) is 18.9. The highest BCUT2D eigenvalue weighted by Gasteiger charge is 2.26. The average molecular weight is 411 g/mol. The van der Waals surface area contributed by atoms with Crippen LogP contribution in [-0.2, 0) is 10.8 Å². The van der Waals surface area contributed by atoms with Gasteiger partial charge < -0.3 is 0 Å². The van der Waals surface area contributed by atoms with Gasteiger partial charge in [0.25, 0.3) is 0 Å². The van der Waals surface area contributed by atoms with E-state index in [1.54, 1.807) is 0 Å².